The second-order valence-electron chi connectivity index (χ2n) is 6.98. The molecule has 1 aliphatic carbocycles. The maximum atomic E-state index is 13.5. The number of benzene rings is 2. The fraction of sp³-hybridized carbons (Fsp3) is 0.300. The first-order valence-corrected chi connectivity index (χ1v) is 9.09. The largest absolute Gasteiger partial charge is 0.713 e. The molecule has 5 rings (SSSR count). The van der Waals surface area contributed by atoms with E-state index < -0.39 is 5.66 Å². The van der Waals surface area contributed by atoms with Gasteiger partial charge in [0.15, 0.2) is 11.2 Å². The van der Waals surface area contributed by atoms with Crippen molar-refractivity contribution in [3.05, 3.63) is 65.4 Å². The van der Waals surface area contributed by atoms with E-state index in [1.165, 1.54) is 0 Å². The van der Waals surface area contributed by atoms with Gasteiger partial charge in [0.1, 0.15) is 5.52 Å². The summed E-state index contributed by atoms with van der Waals surface area (Å²) in [6.45, 7) is 0. The summed E-state index contributed by atoms with van der Waals surface area (Å²) in [5, 5.41) is 22.0. The Labute approximate surface area is 151 Å². The third-order valence-electron chi connectivity index (χ3n) is 5.36. The van der Waals surface area contributed by atoms with Crippen molar-refractivity contribution in [3.8, 4) is 0 Å². The zero-order chi connectivity index (χ0) is 17.6. The highest BCUT2D eigenvalue weighted by atomic mass is 16.5. The normalized spacial score (nSPS) is 19.3. The van der Waals surface area contributed by atoms with E-state index in [4.69, 9.17) is 4.99 Å². The molecule has 130 valence electrons. The summed E-state index contributed by atoms with van der Waals surface area (Å²) in [6.07, 6.45) is 4.77. The zero-order valence-electron chi connectivity index (χ0n) is 14.4. The number of nitrogens with zero attached hydrogens (tertiary/aromatic N) is 5. The van der Waals surface area contributed by atoms with Crippen LogP contribution in [0.5, 0.6) is 0 Å². The summed E-state index contributed by atoms with van der Waals surface area (Å²) >= 11 is 0. The van der Waals surface area contributed by atoms with E-state index in [9.17, 15) is 5.21 Å². The van der Waals surface area contributed by atoms with Crippen LogP contribution in [0.25, 0.3) is 11.0 Å². The Balaban J connectivity index is 1.75. The summed E-state index contributed by atoms with van der Waals surface area (Å²) in [4.78, 5) is 4.98. The van der Waals surface area contributed by atoms with Crippen molar-refractivity contribution in [2.45, 2.75) is 37.8 Å². The van der Waals surface area contributed by atoms with Gasteiger partial charge in [-0.25, -0.2) is 9.73 Å². The van der Waals surface area contributed by atoms with Gasteiger partial charge in [-0.15, -0.1) is 5.10 Å². The second-order valence-corrected chi connectivity index (χ2v) is 6.98. The minimum absolute atomic E-state index is 0.479. The maximum Gasteiger partial charge on any atom is 0.335 e. The van der Waals surface area contributed by atoms with Crippen molar-refractivity contribution in [1.29, 1.82) is 0 Å². The van der Waals surface area contributed by atoms with Crippen LogP contribution in [-0.4, -0.2) is 36.9 Å². The van der Waals surface area contributed by atoms with Crippen molar-refractivity contribution in [2.75, 3.05) is 0 Å². The lowest BCUT2D eigenvalue weighted by Gasteiger charge is -2.33. The van der Waals surface area contributed by atoms with Gasteiger partial charge in [-0.05, 0) is 25.0 Å². The van der Waals surface area contributed by atoms with E-state index in [1.54, 1.807) is 4.68 Å². The predicted octanol–water partition coefficient (Wildman–Crippen LogP) is 3.35. The number of hydroxylamine groups is 1. The molecule has 0 radical (unpaired) electrons. The molecule has 0 atom stereocenters. The van der Waals surface area contributed by atoms with Crippen LogP contribution < -0.4 is 0 Å². The first kappa shape index (κ1) is 15.3. The highest BCUT2D eigenvalue weighted by Crippen LogP contribution is 2.36. The molecular formula is C20H19N5O. The molecule has 0 saturated heterocycles. The molecule has 0 bridgehead atoms. The topological polar surface area (TPSA) is 69.1 Å². The summed E-state index contributed by atoms with van der Waals surface area (Å²) in [6, 6.07) is 17.6. The summed E-state index contributed by atoms with van der Waals surface area (Å²) in [7, 11) is 0. The van der Waals surface area contributed by atoms with Crippen LogP contribution in [-0.2, 0) is 0 Å². The zero-order valence-corrected chi connectivity index (χ0v) is 14.4. The van der Waals surface area contributed by atoms with Crippen LogP contribution >= 0.6 is 0 Å². The third kappa shape index (κ3) is 2.18. The van der Waals surface area contributed by atoms with Crippen LogP contribution in [0.2, 0.25) is 0 Å². The average Bonchev–Trinajstić information content (AvgIpc) is 3.23. The van der Waals surface area contributed by atoms with E-state index in [0.717, 1.165) is 53.4 Å². The first-order valence-electron chi connectivity index (χ1n) is 9.09. The molecule has 3 aromatic rings. The molecule has 2 aromatic carbocycles. The molecule has 0 amide bonds. The van der Waals surface area contributed by atoms with Crippen molar-refractivity contribution in [2.24, 2.45) is 4.99 Å². The Hall–Kier alpha value is -3.02. The van der Waals surface area contributed by atoms with Crippen molar-refractivity contribution < 1.29 is 4.74 Å². The van der Waals surface area contributed by atoms with Gasteiger partial charge < -0.3 is 5.21 Å². The lowest BCUT2D eigenvalue weighted by Crippen LogP contribution is -2.40. The molecular weight excluding hydrogens is 326 g/mol. The summed E-state index contributed by atoms with van der Waals surface area (Å²) < 4.78 is 2.74. The van der Waals surface area contributed by atoms with Crippen molar-refractivity contribution in [3.63, 3.8) is 0 Å². The maximum absolute atomic E-state index is 13.5. The molecule has 0 unspecified atom stereocenters. The molecule has 1 fully saturated rings. The minimum atomic E-state index is -0.703. The molecule has 1 aliphatic heterocycles. The van der Waals surface area contributed by atoms with Gasteiger partial charge in [0, 0.05) is 23.6 Å². The Morgan fingerprint density at radius 1 is 0.923 bits per heavy atom. The fourth-order valence-electron chi connectivity index (χ4n) is 4.03. The van der Waals surface area contributed by atoms with Crippen LogP contribution in [0.1, 0.15) is 37.7 Å². The molecule has 6 heteroatoms. The molecule has 2 aliphatic rings. The van der Waals surface area contributed by atoms with Gasteiger partial charge >= 0.3 is 5.84 Å². The Morgan fingerprint density at radius 2 is 1.65 bits per heavy atom. The van der Waals surface area contributed by atoms with Gasteiger partial charge in [0.25, 0.3) is 0 Å². The monoisotopic (exact) mass is 345 g/mol. The van der Waals surface area contributed by atoms with Crippen molar-refractivity contribution in [1.82, 2.24) is 15.0 Å². The van der Waals surface area contributed by atoms with E-state index in [-0.39, 0.29) is 0 Å². The Morgan fingerprint density at radius 3 is 2.46 bits per heavy atom. The number of fused-ring (bicyclic) bond motifs is 1. The van der Waals surface area contributed by atoms with Gasteiger partial charge in [-0.2, -0.15) is 0 Å². The number of hydrogen-bond acceptors (Lipinski definition) is 4. The van der Waals surface area contributed by atoms with E-state index in [0.29, 0.717) is 11.5 Å². The number of rotatable bonds is 1. The van der Waals surface area contributed by atoms with Crippen LogP contribution in [0.3, 0.4) is 0 Å². The summed E-state index contributed by atoms with van der Waals surface area (Å²) in [5.41, 5.74) is 2.53. The van der Waals surface area contributed by atoms with Crippen molar-refractivity contribution >= 4 is 22.6 Å². The van der Waals surface area contributed by atoms with Gasteiger partial charge in [-0.1, -0.05) is 53.6 Å². The number of aromatic nitrogens is 3. The lowest BCUT2D eigenvalue weighted by atomic mass is 9.90. The van der Waals surface area contributed by atoms with E-state index in [2.05, 4.69) is 10.3 Å². The Kier molecular flexibility index (Phi) is 3.38. The SMILES string of the molecule is [O-][N+]1=C(n2nnc3ccccc32)C(c2ccccc2)=NC12CCCCC2. The number of aliphatic imine (C=N–C) groups is 1. The Bertz CT molecular complexity index is 1030. The standard InChI is InChI=1S/C20H19N5O/c26-25-19(24-17-12-6-5-11-16(17)22-23-24)18(15-9-3-1-4-10-15)21-20(25)13-7-2-8-14-20/h1,3-6,9-12H,2,7-8,13-14H2. The third-order valence-corrected chi connectivity index (χ3v) is 5.36. The minimum Gasteiger partial charge on any atom is -0.713 e. The molecule has 6 nitrogen and oxygen atoms in total. The molecule has 26 heavy (non-hydrogen) atoms. The predicted molar refractivity (Wildman–Crippen MR) is 100 cm³/mol. The quantitative estimate of drug-likeness (QED) is 0.502. The second kappa shape index (κ2) is 5.76. The highest BCUT2D eigenvalue weighted by Gasteiger charge is 2.46. The molecule has 1 aromatic heterocycles. The molecule has 1 spiro atoms. The van der Waals surface area contributed by atoms with Crippen LogP contribution in [0, 0.1) is 5.21 Å². The van der Waals surface area contributed by atoms with E-state index in [1.807, 2.05) is 54.6 Å². The van der Waals surface area contributed by atoms with Gasteiger partial charge in [0.2, 0.25) is 5.66 Å². The molecule has 1 saturated carbocycles. The van der Waals surface area contributed by atoms with E-state index >= 15 is 0 Å². The fourth-order valence-corrected chi connectivity index (χ4v) is 4.03. The lowest BCUT2D eigenvalue weighted by molar-refractivity contribution is -0.549. The smallest absolute Gasteiger partial charge is 0.335 e. The van der Waals surface area contributed by atoms with Crippen LogP contribution in [0.15, 0.2) is 59.6 Å². The first-order chi connectivity index (χ1) is 12.8. The highest BCUT2D eigenvalue weighted by molar-refractivity contribution is 6.47. The van der Waals surface area contributed by atoms with Crippen LogP contribution in [0.4, 0.5) is 0 Å². The number of hydrogen-bond donors (Lipinski definition) is 0. The van der Waals surface area contributed by atoms with Gasteiger partial charge in [0.05, 0.1) is 0 Å². The average molecular weight is 345 g/mol. The molecule has 0 N–H and O–H groups in total. The number of para-hydroxylation sites is 1. The molecule has 2 heterocycles. The van der Waals surface area contributed by atoms with Gasteiger partial charge in [-0.3, -0.25) is 0 Å². The summed E-state index contributed by atoms with van der Waals surface area (Å²) in [5.74, 6) is 0.479.